The van der Waals surface area contributed by atoms with Crippen molar-refractivity contribution in [3.63, 3.8) is 0 Å². The molecule has 0 spiro atoms. The molecular weight excluding hydrogens is 316 g/mol. The highest BCUT2D eigenvalue weighted by Crippen LogP contribution is 2.20. The first kappa shape index (κ1) is 11.5. The van der Waals surface area contributed by atoms with Gasteiger partial charge in [-0.3, -0.25) is 0 Å². The topological polar surface area (TPSA) is 26.0 Å². The molecule has 16 heavy (non-hydrogen) atoms. The summed E-state index contributed by atoms with van der Waals surface area (Å²) in [5.41, 5.74) is 7.85. The van der Waals surface area contributed by atoms with E-state index in [4.69, 9.17) is 5.73 Å². The summed E-state index contributed by atoms with van der Waals surface area (Å²) in [5.74, 6) is -0.251. The second-order valence-electron chi connectivity index (χ2n) is 3.58. The average Bonchev–Trinajstić information content (AvgIpc) is 2.29. The van der Waals surface area contributed by atoms with E-state index in [0.29, 0.717) is 0 Å². The fraction of sp³-hybridized carbons (Fsp3) is 0.0769. The minimum Gasteiger partial charge on any atom is -0.320 e. The first-order valence-electron chi connectivity index (χ1n) is 4.93. The van der Waals surface area contributed by atoms with E-state index in [9.17, 15) is 4.39 Å². The molecule has 1 nitrogen and oxygen atoms in total. The lowest BCUT2D eigenvalue weighted by atomic mass is 10.00. The van der Waals surface area contributed by atoms with Crippen molar-refractivity contribution in [2.75, 3.05) is 0 Å². The summed E-state index contributed by atoms with van der Waals surface area (Å²) in [6, 6.07) is 14.1. The van der Waals surface area contributed by atoms with Crippen LogP contribution in [0.5, 0.6) is 0 Å². The SMILES string of the molecule is NC(c1ccc(I)cc1)c1cccc(F)c1. The van der Waals surface area contributed by atoms with Crippen molar-refractivity contribution in [3.8, 4) is 0 Å². The van der Waals surface area contributed by atoms with Gasteiger partial charge >= 0.3 is 0 Å². The molecule has 0 aliphatic rings. The van der Waals surface area contributed by atoms with Crippen molar-refractivity contribution in [2.45, 2.75) is 6.04 Å². The molecule has 2 N–H and O–H groups in total. The maximum atomic E-state index is 13.1. The quantitative estimate of drug-likeness (QED) is 0.840. The van der Waals surface area contributed by atoms with Gasteiger partial charge in [-0.25, -0.2) is 4.39 Å². The average molecular weight is 327 g/mol. The molecule has 2 rings (SSSR count). The maximum Gasteiger partial charge on any atom is 0.123 e. The second kappa shape index (κ2) is 4.93. The van der Waals surface area contributed by atoms with Gasteiger partial charge in [0.05, 0.1) is 6.04 Å². The fourth-order valence-electron chi connectivity index (χ4n) is 1.56. The molecule has 3 heteroatoms. The zero-order valence-corrected chi connectivity index (χ0v) is 10.7. The van der Waals surface area contributed by atoms with Crippen LogP contribution in [0.2, 0.25) is 0 Å². The van der Waals surface area contributed by atoms with Crippen molar-refractivity contribution in [1.29, 1.82) is 0 Å². The highest BCUT2D eigenvalue weighted by molar-refractivity contribution is 14.1. The Morgan fingerprint density at radius 1 is 1.00 bits per heavy atom. The third-order valence-electron chi connectivity index (χ3n) is 2.44. The van der Waals surface area contributed by atoms with Crippen LogP contribution in [0.15, 0.2) is 48.5 Å². The third kappa shape index (κ3) is 2.59. The molecule has 2 aromatic rings. The standard InChI is InChI=1S/C13H11FIN/c14-11-3-1-2-10(8-11)13(16)9-4-6-12(15)7-5-9/h1-8,13H,16H2. The van der Waals surface area contributed by atoms with Crippen LogP contribution < -0.4 is 5.73 Å². The van der Waals surface area contributed by atoms with Gasteiger partial charge in [0.25, 0.3) is 0 Å². The number of hydrogen-bond donors (Lipinski definition) is 1. The third-order valence-corrected chi connectivity index (χ3v) is 3.16. The highest BCUT2D eigenvalue weighted by atomic mass is 127. The Hall–Kier alpha value is -0.940. The molecule has 1 unspecified atom stereocenters. The molecule has 1 atom stereocenters. The zero-order valence-electron chi connectivity index (χ0n) is 8.53. The molecule has 82 valence electrons. The Labute approximate surface area is 108 Å². The number of halogens is 2. The van der Waals surface area contributed by atoms with E-state index >= 15 is 0 Å². The molecule has 0 aliphatic carbocycles. The van der Waals surface area contributed by atoms with Crippen LogP contribution in [0.25, 0.3) is 0 Å². The van der Waals surface area contributed by atoms with Gasteiger partial charge in [0, 0.05) is 3.57 Å². The number of nitrogens with two attached hydrogens (primary N) is 1. The maximum absolute atomic E-state index is 13.1. The van der Waals surface area contributed by atoms with Gasteiger partial charge < -0.3 is 5.73 Å². The van der Waals surface area contributed by atoms with Gasteiger partial charge in [0.2, 0.25) is 0 Å². The van der Waals surface area contributed by atoms with Crippen molar-refractivity contribution < 1.29 is 4.39 Å². The lowest BCUT2D eigenvalue weighted by Gasteiger charge is -2.12. The summed E-state index contributed by atoms with van der Waals surface area (Å²) in [7, 11) is 0. The predicted molar refractivity (Wildman–Crippen MR) is 71.6 cm³/mol. The highest BCUT2D eigenvalue weighted by Gasteiger charge is 2.08. The van der Waals surface area contributed by atoms with Crippen LogP contribution >= 0.6 is 22.6 Å². The molecule has 0 saturated carbocycles. The van der Waals surface area contributed by atoms with Gasteiger partial charge in [-0.1, -0.05) is 24.3 Å². The fourth-order valence-corrected chi connectivity index (χ4v) is 1.92. The zero-order chi connectivity index (χ0) is 11.5. The predicted octanol–water partition coefficient (Wildman–Crippen LogP) is 3.48. The molecule has 0 bridgehead atoms. The van der Waals surface area contributed by atoms with Crippen molar-refractivity contribution in [3.05, 3.63) is 69.0 Å². The molecule has 0 fully saturated rings. The van der Waals surface area contributed by atoms with Crippen molar-refractivity contribution in [1.82, 2.24) is 0 Å². The molecule has 0 radical (unpaired) electrons. The van der Waals surface area contributed by atoms with Crippen LogP contribution in [-0.2, 0) is 0 Å². The van der Waals surface area contributed by atoms with Gasteiger partial charge in [-0.05, 0) is 58.0 Å². The minimum atomic E-state index is -0.271. The van der Waals surface area contributed by atoms with Gasteiger partial charge in [-0.15, -0.1) is 0 Å². The molecule has 0 saturated heterocycles. The molecule has 2 aromatic carbocycles. The summed E-state index contributed by atoms with van der Waals surface area (Å²) < 4.78 is 14.2. The van der Waals surface area contributed by atoms with E-state index in [1.165, 1.54) is 12.1 Å². The minimum absolute atomic E-state index is 0.251. The van der Waals surface area contributed by atoms with Crippen LogP contribution in [0, 0.1) is 9.39 Å². The van der Waals surface area contributed by atoms with E-state index in [1.807, 2.05) is 30.3 Å². The summed E-state index contributed by atoms with van der Waals surface area (Å²) in [6.07, 6.45) is 0. The monoisotopic (exact) mass is 327 g/mol. The molecule has 0 aromatic heterocycles. The second-order valence-corrected chi connectivity index (χ2v) is 4.83. The van der Waals surface area contributed by atoms with Crippen LogP contribution in [0.4, 0.5) is 4.39 Å². The number of benzene rings is 2. The van der Waals surface area contributed by atoms with E-state index in [-0.39, 0.29) is 11.9 Å². The van der Waals surface area contributed by atoms with E-state index in [2.05, 4.69) is 22.6 Å². The van der Waals surface area contributed by atoms with E-state index in [0.717, 1.165) is 14.7 Å². The summed E-state index contributed by atoms with van der Waals surface area (Å²) in [4.78, 5) is 0. The molecule has 0 aliphatic heterocycles. The number of hydrogen-bond acceptors (Lipinski definition) is 1. The van der Waals surface area contributed by atoms with Crippen LogP contribution in [0.1, 0.15) is 17.2 Å². The normalized spacial score (nSPS) is 12.4. The van der Waals surface area contributed by atoms with Crippen molar-refractivity contribution >= 4 is 22.6 Å². The van der Waals surface area contributed by atoms with E-state index < -0.39 is 0 Å². The summed E-state index contributed by atoms with van der Waals surface area (Å²) in [5, 5.41) is 0. The smallest absolute Gasteiger partial charge is 0.123 e. The van der Waals surface area contributed by atoms with Crippen LogP contribution in [0.3, 0.4) is 0 Å². The lowest BCUT2D eigenvalue weighted by Crippen LogP contribution is -2.11. The first-order chi connectivity index (χ1) is 7.66. The van der Waals surface area contributed by atoms with E-state index in [1.54, 1.807) is 6.07 Å². The van der Waals surface area contributed by atoms with Crippen molar-refractivity contribution in [2.24, 2.45) is 5.73 Å². The van der Waals surface area contributed by atoms with Gasteiger partial charge in [0.15, 0.2) is 0 Å². The molecule has 0 amide bonds. The summed E-state index contributed by atoms with van der Waals surface area (Å²) >= 11 is 2.24. The molecule has 0 heterocycles. The summed E-state index contributed by atoms with van der Waals surface area (Å²) in [6.45, 7) is 0. The number of rotatable bonds is 2. The van der Waals surface area contributed by atoms with Crippen LogP contribution in [-0.4, -0.2) is 0 Å². The Morgan fingerprint density at radius 3 is 2.31 bits per heavy atom. The Kier molecular flexibility index (Phi) is 3.56. The van der Waals surface area contributed by atoms with Gasteiger partial charge in [-0.2, -0.15) is 0 Å². The van der Waals surface area contributed by atoms with Gasteiger partial charge in [0.1, 0.15) is 5.82 Å². The Balaban J connectivity index is 2.31. The lowest BCUT2D eigenvalue weighted by molar-refractivity contribution is 0.623. The Bertz CT molecular complexity index is 482. The Morgan fingerprint density at radius 2 is 1.69 bits per heavy atom. The molecular formula is C13H11FIN. The largest absolute Gasteiger partial charge is 0.320 e. The first-order valence-corrected chi connectivity index (χ1v) is 6.01.